The molecule has 0 heterocycles. The lowest BCUT2D eigenvalue weighted by Gasteiger charge is -2.47. The molecule has 104 valence electrons. The van der Waals surface area contributed by atoms with Gasteiger partial charge in [-0.3, -0.25) is 0 Å². The maximum absolute atomic E-state index is 5.65. The zero-order valence-corrected chi connectivity index (χ0v) is 13.8. The Bertz CT molecular complexity index is 484. The number of nitrogens with zero attached hydrogens (tertiary/aromatic N) is 1. The Labute approximate surface area is 128 Å². The molecule has 0 unspecified atom stereocenters. The largest absolute Gasteiger partial charge is 0.389 e. The molecule has 0 bridgehead atoms. The van der Waals surface area contributed by atoms with Crippen molar-refractivity contribution in [1.29, 1.82) is 0 Å². The molecule has 0 aromatic heterocycles. The number of nitrogens with two attached hydrogens (primary N) is 1. The molecular formula is C14H20BrN3S. The minimum Gasteiger partial charge on any atom is -0.389 e. The van der Waals surface area contributed by atoms with E-state index in [1.54, 1.807) is 0 Å². The maximum atomic E-state index is 5.65. The van der Waals surface area contributed by atoms with Crippen LogP contribution in [0, 0.1) is 0 Å². The first-order valence-electron chi connectivity index (χ1n) is 6.45. The second-order valence-electron chi connectivity index (χ2n) is 5.38. The molecule has 0 aliphatic heterocycles. The van der Waals surface area contributed by atoms with E-state index in [4.69, 9.17) is 18.0 Å². The molecule has 1 fully saturated rings. The Kier molecular flexibility index (Phi) is 4.48. The summed E-state index contributed by atoms with van der Waals surface area (Å²) in [5.41, 5.74) is 7.94. The number of nitrogens with one attached hydrogen (secondary N) is 1. The lowest BCUT2D eigenvalue weighted by Crippen LogP contribution is -2.54. The quantitative estimate of drug-likeness (QED) is 0.808. The average molecular weight is 342 g/mol. The lowest BCUT2D eigenvalue weighted by atomic mass is 9.75. The van der Waals surface area contributed by atoms with Gasteiger partial charge in [-0.25, -0.2) is 0 Å². The summed E-state index contributed by atoms with van der Waals surface area (Å²) in [6.45, 7) is 0.971. The number of halogens is 1. The van der Waals surface area contributed by atoms with Crippen molar-refractivity contribution >= 4 is 38.8 Å². The topological polar surface area (TPSA) is 41.3 Å². The molecule has 1 aromatic rings. The number of rotatable bonds is 5. The third kappa shape index (κ3) is 3.09. The molecule has 0 amide bonds. The highest BCUT2D eigenvalue weighted by Crippen LogP contribution is 2.36. The summed E-state index contributed by atoms with van der Waals surface area (Å²) in [5.74, 6) is 0. The molecule has 1 aliphatic rings. The van der Waals surface area contributed by atoms with Crippen molar-refractivity contribution in [3.05, 3.63) is 28.2 Å². The van der Waals surface area contributed by atoms with Crippen LogP contribution in [-0.2, 0) is 0 Å². The van der Waals surface area contributed by atoms with E-state index >= 15 is 0 Å². The highest BCUT2D eigenvalue weighted by atomic mass is 79.9. The van der Waals surface area contributed by atoms with Crippen LogP contribution < -0.4 is 11.1 Å². The highest BCUT2D eigenvalue weighted by Gasteiger charge is 2.38. The van der Waals surface area contributed by atoms with Crippen LogP contribution in [0.4, 0.5) is 5.69 Å². The van der Waals surface area contributed by atoms with Gasteiger partial charge in [-0.15, -0.1) is 0 Å². The normalized spacial score (nSPS) is 17.1. The first-order valence-corrected chi connectivity index (χ1v) is 7.65. The van der Waals surface area contributed by atoms with E-state index in [1.807, 2.05) is 18.2 Å². The summed E-state index contributed by atoms with van der Waals surface area (Å²) in [5, 5.41) is 3.52. The molecule has 0 spiro atoms. The van der Waals surface area contributed by atoms with Gasteiger partial charge in [0.25, 0.3) is 0 Å². The van der Waals surface area contributed by atoms with Crippen molar-refractivity contribution in [3.63, 3.8) is 0 Å². The van der Waals surface area contributed by atoms with Crippen molar-refractivity contribution in [3.8, 4) is 0 Å². The van der Waals surface area contributed by atoms with E-state index in [0.717, 1.165) is 22.3 Å². The van der Waals surface area contributed by atoms with Crippen molar-refractivity contribution in [2.24, 2.45) is 5.73 Å². The zero-order valence-electron chi connectivity index (χ0n) is 11.4. The standard InChI is InChI=1S/C14H20BrN3S/c1-18(2)14(6-3-7-14)9-17-10-4-5-11(13(16)19)12(15)8-10/h4-5,8,17H,3,6-7,9H2,1-2H3,(H2,16,19). The summed E-state index contributed by atoms with van der Waals surface area (Å²) in [4.78, 5) is 2.75. The van der Waals surface area contributed by atoms with Gasteiger partial charge in [-0.2, -0.15) is 0 Å². The third-order valence-corrected chi connectivity index (χ3v) is 4.97. The van der Waals surface area contributed by atoms with Crippen molar-refractivity contribution in [2.45, 2.75) is 24.8 Å². The van der Waals surface area contributed by atoms with E-state index < -0.39 is 0 Å². The summed E-state index contributed by atoms with van der Waals surface area (Å²) in [6.07, 6.45) is 3.85. The third-order valence-electron chi connectivity index (χ3n) is 4.09. The second-order valence-corrected chi connectivity index (χ2v) is 6.68. The van der Waals surface area contributed by atoms with Gasteiger partial charge < -0.3 is 16.0 Å². The first kappa shape index (κ1) is 14.8. The smallest absolute Gasteiger partial charge is 0.105 e. The van der Waals surface area contributed by atoms with Crippen LogP contribution in [0.1, 0.15) is 24.8 Å². The van der Waals surface area contributed by atoms with E-state index in [0.29, 0.717) is 10.5 Å². The minimum absolute atomic E-state index is 0.314. The van der Waals surface area contributed by atoms with Gasteiger partial charge in [-0.1, -0.05) is 12.2 Å². The molecule has 3 nitrogen and oxygen atoms in total. The van der Waals surface area contributed by atoms with Gasteiger partial charge in [0.1, 0.15) is 4.99 Å². The first-order chi connectivity index (χ1) is 8.94. The van der Waals surface area contributed by atoms with Crippen molar-refractivity contribution in [1.82, 2.24) is 4.90 Å². The zero-order chi connectivity index (χ0) is 14.0. The fraction of sp³-hybridized carbons (Fsp3) is 0.500. The van der Waals surface area contributed by atoms with Gasteiger partial charge in [0.05, 0.1) is 0 Å². The molecule has 1 saturated carbocycles. The van der Waals surface area contributed by atoms with E-state index in [2.05, 4.69) is 40.2 Å². The lowest BCUT2D eigenvalue weighted by molar-refractivity contribution is 0.0739. The molecule has 5 heteroatoms. The van der Waals surface area contributed by atoms with Crippen LogP contribution >= 0.6 is 28.1 Å². The van der Waals surface area contributed by atoms with Gasteiger partial charge in [0.15, 0.2) is 0 Å². The number of hydrogen-bond donors (Lipinski definition) is 2. The average Bonchev–Trinajstić information content (AvgIpc) is 2.26. The van der Waals surface area contributed by atoms with E-state index in [-0.39, 0.29) is 0 Å². The molecule has 3 N–H and O–H groups in total. The SMILES string of the molecule is CN(C)C1(CNc2ccc(C(N)=S)c(Br)c2)CCC1. The van der Waals surface area contributed by atoms with Crippen molar-refractivity contribution in [2.75, 3.05) is 26.0 Å². The number of likely N-dealkylation sites (N-methyl/N-ethyl adjacent to an activating group) is 1. The van der Waals surface area contributed by atoms with Crippen LogP contribution in [-0.4, -0.2) is 36.1 Å². The predicted molar refractivity (Wildman–Crippen MR) is 88.8 cm³/mol. The van der Waals surface area contributed by atoms with Crippen LogP contribution in [0.25, 0.3) is 0 Å². The van der Waals surface area contributed by atoms with Crippen molar-refractivity contribution < 1.29 is 0 Å². The molecule has 19 heavy (non-hydrogen) atoms. The number of hydrogen-bond acceptors (Lipinski definition) is 3. The van der Waals surface area contributed by atoms with Gasteiger partial charge in [-0.05, 0) is 67.5 Å². The number of thiocarbonyl (C=S) groups is 1. The highest BCUT2D eigenvalue weighted by molar-refractivity contribution is 9.10. The van der Waals surface area contributed by atoms with Gasteiger partial charge in [0.2, 0.25) is 0 Å². The predicted octanol–water partition coefficient (Wildman–Crippen LogP) is 2.98. The maximum Gasteiger partial charge on any atom is 0.105 e. The Balaban J connectivity index is 2.04. The fourth-order valence-corrected chi connectivity index (χ4v) is 3.36. The Morgan fingerprint density at radius 2 is 2.16 bits per heavy atom. The van der Waals surface area contributed by atoms with Crippen LogP contribution in [0.2, 0.25) is 0 Å². The summed E-state index contributed by atoms with van der Waals surface area (Å²) >= 11 is 8.51. The van der Waals surface area contributed by atoms with E-state index in [9.17, 15) is 0 Å². The van der Waals surface area contributed by atoms with Gasteiger partial charge in [0, 0.05) is 27.8 Å². The molecule has 1 aromatic carbocycles. The number of benzene rings is 1. The summed E-state index contributed by atoms with van der Waals surface area (Å²) in [7, 11) is 4.32. The van der Waals surface area contributed by atoms with Crippen LogP contribution in [0.5, 0.6) is 0 Å². The second kappa shape index (κ2) is 5.77. The summed E-state index contributed by atoms with van der Waals surface area (Å²) < 4.78 is 0.942. The molecule has 2 rings (SSSR count). The fourth-order valence-electron chi connectivity index (χ4n) is 2.46. The van der Waals surface area contributed by atoms with Gasteiger partial charge >= 0.3 is 0 Å². The Morgan fingerprint density at radius 3 is 2.58 bits per heavy atom. The summed E-state index contributed by atoms with van der Waals surface area (Å²) in [6, 6.07) is 6.02. The molecular weight excluding hydrogens is 322 g/mol. The Hall–Kier alpha value is -0.650. The van der Waals surface area contributed by atoms with Crippen LogP contribution in [0.15, 0.2) is 22.7 Å². The Morgan fingerprint density at radius 1 is 1.47 bits per heavy atom. The molecule has 0 radical (unpaired) electrons. The van der Waals surface area contributed by atoms with E-state index in [1.165, 1.54) is 19.3 Å². The molecule has 1 aliphatic carbocycles. The number of anilines is 1. The minimum atomic E-state index is 0.314. The van der Waals surface area contributed by atoms with Crippen LogP contribution in [0.3, 0.4) is 0 Å². The molecule has 0 saturated heterocycles. The monoisotopic (exact) mass is 341 g/mol. The molecule has 0 atom stereocenters.